The summed E-state index contributed by atoms with van der Waals surface area (Å²) in [5.41, 5.74) is 3.62. The minimum Gasteiger partial charge on any atom is -0.481 e. The molecule has 0 aliphatic carbocycles. The van der Waals surface area contributed by atoms with Crippen molar-refractivity contribution >= 4 is 5.97 Å². The molecular weight excluding hydrogens is 590 g/mol. The Hall–Kier alpha value is -3.05. The molecule has 0 amide bonds. The van der Waals surface area contributed by atoms with E-state index in [1.165, 1.54) is 127 Å². The Morgan fingerprint density at radius 1 is 0.542 bits per heavy atom. The molecule has 0 radical (unpaired) electrons. The van der Waals surface area contributed by atoms with Gasteiger partial charge in [-0.1, -0.05) is 152 Å². The first-order valence-electron chi connectivity index (χ1n) is 19.5. The van der Waals surface area contributed by atoms with Gasteiger partial charge in [0.2, 0.25) is 0 Å². The number of hydrogen-bond donors (Lipinski definition) is 2. The number of carboxylic acid groups (broad SMARTS) is 1. The van der Waals surface area contributed by atoms with Gasteiger partial charge in [0, 0.05) is 30.8 Å². The van der Waals surface area contributed by atoms with Gasteiger partial charge < -0.3 is 10.4 Å². The molecule has 1 aromatic carbocycles. The fourth-order valence-electron chi connectivity index (χ4n) is 6.95. The van der Waals surface area contributed by atoms with Crippen LogP contribution in [0.1, 0.15) is 157 Å². The zero-order valence-electron chi connectivity index (χ0n) is 29.9. The Kier molecular flexibility index (Phi) is 22.0. The van der Waals surface area contributed by atoms with Gasteiger partial charge in [-0.2, -0.15) is 0 Å². The van der Waals surface area contributed by atoms with E-state index in [0.29, 0.717) is 0 Å². The number of carbonyl (C=O) groups is 1. The van der Waals surface area contributed by atoms with Gasteiger partial charge in [0.25, 0.3) is 0 Å². The molecule has 0 bridgehead atoms. The first-order chi connectivity index (χ1) is 23.7. The SMILES string of the molecule is O=C(O)[C@@H](c1ccccc1)[C@@H](CCCCCCCCCCCCc1cccnc1)NCCCCCCCCCCCCc1cccnc1. The molecule has 2 heterocycles. The van der Waals surface area contributed by atoms with Crippen molar-refractivity contribution in [1.29, 1.82) is 0 Å². The summed E-state index contributed by atoms with van der Waals surface area (Å²) in [6.45, 7) is 0.903. The maximum atomic E-state index is 12.5. The third-order valence-electron chi connectivity index (χ3n) is 9.80. The van der Waals surface area contributed by atoms with E-state index in [0.717, 1.165) is 44.2 Å². The topological polar surface area (TPSA) is 75.1 Å². The lowest BCUT2D eigenvalue weighted by molar-refractivity contribution is -0.139. The molecule has 2 aromatic heterocycles. The van der Waals surface area contributed by atoms with E-state index >= 15 is 0 Å². The predicted octanol–water partition coefficient (Wildman–Crippen LogP) is 11.3. The summed E-state index contributed by atoms with van der Waals surface area (Å²) < 4.78 is 0. The average Bonchev–Trinajstić information content (AvgIpc) is 3.11. The third kappa shape index (κ3) is 18.5. The number of unbranched alkanes of at least 4 members (excludes halogenated alkanes) is 18. The van der Waals surface area contributed by atoms with Crippen molar-refractivity contribution in [1.82, 2.24) is 15.3 Å². The quantitative estimate of drug-likeness (QED) is 0.0699. The van der Waals surface area contributed by atoms with Crippen molar-refractivity contribution in [2.24, 2.45) is 0 Å². The molecule has 3 rings (SSSR count). The number of carboxylic acids is 1. The Morgan fingerprint density at radius 3 is 1.42 bits per heavy atom. The van der Waals surface area contributed by atoms with Crippen LogP contribution in [0.25, 0.3) is 0 Å². The van der Waals surface area contributed by atoms with Crippen LogP contribution in [0, 0.1) is 0 Å². The first kappa shape index (κ1) is 39.4. The molecule has 48 heavy (non-hydrogen) atoms. The molecule has 0 fully saturated rings. The first-order valence-corrected chi connectivity index (χ1v) is 19.5. The van der Waals surface area contributed by atoms with Crippen LogP contribution in [0.3, 0.4) is 0 Å². The number of nitrogens with one attached hydrogen (secondary N) is 1. The highest BCUT2D eigenvalue weighted by Gasteiger charge is 2.29. The number of pyridine rings is 2. The molecule has 264 valence electrons. The average molecular weight is 656 g/mol. The molecular formula is C43H65N3O2. The summed E-state index contributed by atoms with van der Waals surface area (Å²) in [4.78, 5) is 20.9. The van der Waals surface area contributed by atoms with Crippen molar-refractivity contribution < 1.29 is 9.90 Å². The Bertz CT molecular complexity index is 1160. The number of nitrogens with zero attached hydrogens (tertiary/aromatic N) is 2. The zero-order valence-corrected chi connectivity index (χ0v) is 29.9. The van der Waals surface area contributed by atoms with Crippen LogP contribution >= 0.6 is 0 Å². The van der Waals surface area contributed by atoms with Crippen LogP contribution in [-0.2, 0) is 17.6 Å². The summed E-state index contributed by atoms with van der Waals surface area (Å²) in [5.74, 6) is -1.20. The molecule has 3 aromatic rings. The summed E-state index contributed by atoms with van der Waals surface area (Å²) in [7, 11) is 0. The number of benzene rings is 1. The fraction of sp³-hybridized carbons (Fsp3) is 0.605. The van der Waals surface area contributed by atoms with Crippen molar-refractivity contribution in [3.8, 4) is 0 Å². The molecule has 0 saturated carbocycles. The number of aliphatic carboxylic acids is 1. The van der Waals surface area contributed by atoms with Gasteiger partial charge in [-0.3, -0.25) is 14.8 Å². The number of rotatable bonds is 30. The van der Waals surface area contributed by atoms with Crippen LogP contribution in [-0.4, -0.2) is 33.6 Å². The lowest BCUT2D eigenvalue weighted by Gasteiger charge is -2.26. The molecule has 0 aliphatic rings. The Morgan fingerprint density at radius 2 is 0.979 bits per heavy atom. The maximum absolute atomic E-state index is 12.5. The van der Waals surface area contributed by atoms with Gasteiger partial charge in [-0.15, -0.1) is 0 Å². The van der Waals surface area contributed by atoms with E-state index in [9.17, 15) is 9.90 Å². The summed E-state index contributed by atoms with van der Waals surface area (Å²) in [6.07, 6.45) is 36.5. The van der Waals surface area contributed by atoms with Crippen LogP contribution in [0.4, 0.5) is 0 Å². The van der Waals surface area contributed by atoms with Gasteiger partial charge in [0.1, 0.15) is 0 Å². The number of aryl methyl sites for hydroxylation is 2. The molecule has 2 N–H and O–H groups in total. The highest BCUT2D eigenvalue weighted by atomic mass is 16.4. The van der Waals surface area contributed by atoms with Gasteiger partial charge in [0.15, 0.2) is 0 Å². The minimum absolute atomic E-state index is 0.0188. The van der Waals surface area contributed by atoms with Crippen molar-refractivity contribution in [2.45, 2.75) is 160 Å². The number of aromatic nitrogens is 2. The monoisotopic (exact) mass is 656 g/mol. The van der Waals surface area contributed by atoms with E-state index in [-0.39, 0.29) is 6.04 Å². The standard InChI is InChI=1S/C43H65N3O2/c47-43(48)42(40-30-20-17-21-31-40)41(32-22-15-11-7-2-1-5-9-13-18-26-38-28-24-33-44-36-38)46-35-23-16-12-8-4-3-6-10-14-19-27-39-29-25-34-45-37-39/h17,20-21,24-25,28-31,33-34,36-37,41-42,46H,1-16,18-19,22-23,26-27,32,35H2,(H,47,48)/t41-,42+/m1/s1. The van der Waals surface area contributed by atoms with Crippen LogP contribution in [0.15, 0.2) is 79.4 Å². The second-order valence-corrected chi connectivity index (χ2v) is 13.9. The normalized spacial score (nSPS) is 12.6. The summed E-state index contributed by atoms with van der Waals surface area (Å²) >= 11 is 0. The van der Waals surface area contributed by atoms with Crippen molar-refractivity contribution in [3.63, 3.8) is 0 Å². The van der Waals surface area contributed by atoms with E-state index in [1.54, 1.807) is 0 Å². The lowest BCUT2D eigenvalue weighted by atomic mass is 9.88. The third-order valence-corrected chi connectivity index (χ3v) is 9.80. The van der Waals surface area contributed by atoms with Crippen LogP contribution < -0.4 is 5.32 Å². The lowest BCUT2D eigenvalue weighted by Crippen LogP contribution is -2.39. The van der Waals surface area contributed by atoms with Gasteiger partial charge >= 0.3 is 5.97 Å². The molecule has 0 spiro atoms. The van der Waals surface area contributed by atoms with Gasteiger partial charge in [-0.25, -0.2) is 0 Å². The van der Waals surface area contributed by atoms with Crippen LogP contribution in [0.2, 0.25) is 0 Å². The molecule has 2 atom stereocenters. The second-order valence-electron chi connectivity index (χ2n) is 13.9. The van der Waals surface area contributed by atoms with E-state index in [2.05, 4.69) is 27.4 Å². The zero-order chi connectivity index (χ0) is 33.7. The largest absolute Gasteiger partial charge is 0.481 e. The Balaban J connectivity index is 1.21. The Labute approximate surface area is 292 Å². The highest BCUT2D eigenvalue weighted by Crippen LogP contribution is 2.25. The maximum Gasteiger partial charge on any atom is 0.312 e. The van der Waals surface area contributed by atoms with Gasteiger partial charge in [-0.05, 0) is 73.9 Å². The fourth-order valence-corrected chi connectivity index (χ4v) is 6.95. The predicted molar refractivity (Wildman–Crippen MR) is 201 cm³/mol. The molecule has 5 nitrogen and oxygen atoms in total. The molecule has 0 aliphatic heterocycles. The smallest absolute Gasteiger partial charge is 0.312 e. The molecule has 5 heteroatoms. The second kappa shape index (κ2) is 26.9. The van der Waals surface area contributed by atoms with Crippen molar-refractivity contribution in [3.05, 3.63) is 96.1 Å². The molecule has 0 unspecified atom stereocenters. The summed E-state index contributed by atoms with van der Waals surface area (Å²) in [5, 5.41) is 13.9. The summed E-state index contributed by atoms with van der Waals surface area (Å²) in [6, 6.07) is 18.2. The van der Waals surface area contributed by atoms with E-state index < -0.39 is 11.9 Å². The van der Waals surface area contributed by atoms with Crippen molar-refractivity contribution in [2.75, 3.05) is 6.54 Å². The molecule has 0 saturated heterocycles. The van der Waals surface area contributed by atoms with Crippen LogP contribution in [0.5, 0.6) is 0 Å². The van der Waals surface area contributed by atoms with Gasteiger partial charge in [0.05, 0.1) is 5.92 Å². The minimum atomic E-state index is -0.712. The highest BCUT2D eigenvalue weighted by molar-refractivity contribution is 5.77. The van der Waals surface area contributed by atoms with E-state index in [1.807, 2.05) is 67.3 Å². The van der Waals surface area contributed by atoms with E-state index in [4.69, 9.17) is 0 Å². The number of hydrogen-bond acceptors (Lipinski definition) is 4.